The van der Waals surface area contributed by atoms with Gasteiger partial charge in [0, 0.05) is 25.2 Å². The summed E-state index contributed by atoms with van der Waals surface area (Å²) >= 11 is 0. The third-order valence-electron chi connectivity index (χ3n) is 4.32. The van der Waals surface area contributed by atoms with Crippen LogP contribution in [0.2, 0.25) is 0 Å². The van der Waals surface area contributed by atoms with E-state index in [1.54, 1.807) is 12.0 Å². The molecular formula is C17H26N2O3. The predicted octanol–water partition coefficient (Wildman–Crippen LogP) is 1.50. The van der Waals surface area contributed by atoms with Crippen LogP contribution in [0.3, 0.4) is 0 Å². The van der Waals surface area contributed by atoms with E-state index in [1.807, 2.05) is 31.3 Å². The first-order valence-electron chi connectivity index (χ1n) is 7.86. The molecule has 0 radical (unpaired) electrons. The zero-order chi connectivity index (χ0) is 15.9. The number of benzene rings is 1. The van der Waals surface area contributed by atoms with Gasteiger partial charge in [0.15, 0.2) is 0 Å². The fraction of sp³-hybridized carbons (Fsp3) is 0.588. The van der Waals surface area contributed by atoms with Gasteiger partial charge in [0.1, 0.15) is 5.75 Å². The largest absolute Gasteiger partial charge is 0.496 e. The number of aliphatic hydroxyl groups excluding tert-OH is 1. The lowest BCUT2D eigenvalue weighted by atomic mass is 10.0. The normalized spacial score (nSPS) is 19.0. The lowest BCUT2D eigenvalue weighted by Gasteiger charge is -2.35. The highest BCUT2D eigenvalue weighted by molar-refractivity contribution is 5.78. The Morgan fingerprint density at radius 1 is 1.41 bits per heavy atom. The molecule has 1 saturated heterocycles. The molecule has 0 aliphatic carbocycles. The maximum Gasteiger partial charge on any atom is 0.236 e. The van der Waals surface area contributed by atoms with Gasteiger partial charge in [0.25, 0.3) is 0 Å². The number of likely N-dealkylation sites (N-methyl/N-ethyl adjacent to an activating group) is 1. The van der Waals surface area contributed by atoms with Crippen LogP contribution in [0.15, 0.2) is 24.3 Å². The summed E-state index contributed by atoms with van der Waals surface area (Å²) in [5.74, 6) is 0.875. The molecule has 1 atom stereocenters. The van der Waals surface area contributed by atoms with Crippen molar-refractivity contribution in [2.45, 2.75) is 31.8 Å². The number of aliphatic hydroxyl groups is 1. The molecule has 2 rings (SSSR count). The molecule has 1 fully saturated rings. The average Bonchev–Trinajstić information content (AvgIpc) is 2.55. The van der Waals surface area contributed by atoms with Crippen molar-refractivity contribution in [3.63, 3.8) is 0 Å². The van der Waals surface area contributed by atoms with Crippen LogP contribution in [0, 0.1) is 0 Å². The fourth-order valence-electron chi connectivity index (χ4n) is 2.95. The Balaban J connectivity index is 1.94. The summed E-state index contributed by atoms with van der Waals surface area (Å²) < 4.78 is 5.33. The van der Waals surface area contributed by atoms with Crippen molar-refractivity contribution in [1.82, 2.24) is 9.80 Å². The summed E-state index contributed by atoms with van der Waals surface area (Å²) in [6.45, 7) is 1.92. The molecule has 1 amide bonds. The van der Waals surface area contributed by atoms with E-state index in [2.05, 4.69) is 4.90 Å². The second-order valence-corrected chi connectivity index (χ2v) is 5.86. The minimum absolute atomic E-state index is 0.0752. The fourth-order valence-corrected chi connectivity index (χ4v) is 2.95. The summed E-state index contributed by atoms with van der Waals surface area (Å²) in [6, 6.07) is 7.87. The van der Waals surface area contributed by atoms with Crippen molar-refractivity contribution in [2.24, 2.45) is 0 Å². The molecule has 5 heteroatoms. The summed E-state index contributed by atoms with van der Waals surface area (Å²) in [5.41, 5.74) is 0.998. The van der Waals surface area contributed by atoms with Gasteiger partial charge in [-0.25, -0.2) is 0 Å². The first-order chi connectivity index (χ1) is 10.7. The van der Waals surface area contributed by atoms with Crippen molar-refractivity contribution < 1.29 is 14.6 Å². The highest BCUT2D eigenvalue weighted by Gasteiger charge is 2.24. The number of carbonyl (C=O) groups is 1. The highest BCUT2D eigenvalue weighted by Crippen LogP contribution is 2.20. The maximum absolute atomic E-state index is 12.4. The van der Waals surface area contributed by atoms with Crippen LogP contribution in [0.25, 0.3) is 0 Å². The third-order valence-corrected chi connectivity index (χ3v) is 4.32. The Kier molecular flexibility index (Phi) is 6.21. The van der Waals surface area contributed by atoms with E-state index in [0.717, 1.165) is 37.1 Å². The molecule has 0 unspecified atom stereocenters. The van der Waals surface area contributed by atoms with Gasteiger partial charge in [0.05, 0.1) is 20.3 Å². The molecule has 1 aliphatic rings. The van der Waals surface area contributed by atoms with Gasteiger partial charge in [0.2, 0.25) is 5.91 Å². The van der Waals surface area contributed by atoms with Gasteiger partial charge in [-0.1, -0.05) is 24.6 Å². The molecule has 0 spiro atoms. The molecule has 0 aromatic heterocycles. The van der Waals surface area contributed by atoms with Crippen molar-refractivity contribution in [1.29, 1.82) is 0 Å². The van der Waals surface area contributed by atoms with Crippen LogP contribution >= 0.6 is 0 Å². The predicted molar refractivity (Wildman–Crippen MR) is 85.8 cm³/mol. The molecule has 0 bridgehead atoms. The maximum atomic E-state index is 12.4. The molecule has 22 heavy (non-hydrogen) atoms. The Morgan fingerprint density at radius 2 is 2.18 bits per heavy atom. The lowest BCUT2D eigenvalue weighted by Crippen LogP contribution is -2.47. The van der Waals surface area contributed by atoms with Gasteiger partial charge >= 0.3 is 0 Å². The van der Waals surface area contributed by atoms with Crippen LogP contribution in [-0.4, -0.2) is 60.7 Å². The van der Waals surface area contributed by atoms with E-state index in [9.17, 15) is 9.90 Å². The number of likely N-dealkylation sites (tertiary alicyclic amines) is 1. The quantitative estimate of drug-likeness (QED) is 0.865. The van der Waals surface area contributed by atoms with Crippen LogP contribution in [0.4, 0.5) is 0 Å². The number of carbonyl (C=O) groups excluding carboxylic acids is 1. The van der Waals surface area contributed by atoms with Crippen molar-refractivity contribution in [3.05, 3.63) is 29.8 Å². The van der Waals surface area contributed by atoms with Gasteiger partial charge in [-0.2, -0.15) is 0 Å². The van der Waals surface area contributed by atoms with Crippen LogP contribution in [0.5, 0.6) is 5.75 Å². The molecule has 1 aliphatic heterocycles. The highest BCUT2D eigenvalue weighted by atomic mass is 16.5. The van der Waals surface area contributed by atoms with Crippen molar-refractivity contribution in [2.75, 3.05) is 33.9 Å². The van der Waals surface area contributed by atoms with Crippen molar-refractivity contribution >= 4 is 5.91 Å². The molecule has 1 heterocycles. The third kappa shape index (κ3) is 4.21. The number of hydrogen-bond donors (Lipinski definition) is 1. The number of piperidine rings is 1. The van der Waals surface area contributed by atoms with E-state index in [1.165, 1.54) is 0 Å². The topological polar surface area (TPSA) is 53.0 Å². The van der Waals surface area contributed by atoms with E-state index >= 15 is 0 Å². The van der Waals surface area contributed by atoms with E-state index in [4.69, 9.17) is 4.74 Å². The zero-order valence-corrected chi connectivity index (χ0v) is 13.5. The first-order valence-corrected chi connectivity index (χ1v) is 7.86. The molecule has 0 saturated carbocycles. The van der Waals surface area contributed by atoms with Crippen LogP contribution < -0.4 is 4.74 Å². The molecule has 122 valence electrons. The SMILES string of the molecule is COc1ccccc1CN(C)C(=O)CN1CCCC[C@@H]1CO. The van der Waals surface area contributed by atoms with E-state index in [0.29, 0.717) is 13.1 Å². The first kappa shape index (κ1) is 16.8. The molecule has 1 N–H and O–H groups in total. The monoisotopic (exact) mass is 306 g/mol. The number of rotatable bonds is 6. The summed E-state index contributed by atoms with van der Waals surface area (Å²) in [4.78, 5) is 16.3. The number of para-hydroxylation sites is 1. The smallest absolute Gasteiger partial charge is 0.236 e. The standard InChI is InChI=1S/C17H26N2O3/c1-18(11-14-7-3-4-9-16(14)22-2)17(21)12-19-10-6-5-8-15(19)13-20/h3-4,7,9,15,20H,5-6,8,10-13H2,1-2H3/t15-/m1/s1. The van der Waals surface area contributed by atoms with Crippen molar-refractivity contribution in [3.8, 4) is 5.75 Å². The van der Waals surface area contributed by atoms with E-state index in [-0.39, 0.29) is 18.6 Å². The Bertz CT molecular complexity index is 493. The average molecular weight is 306 g/mol. The minimum atomic E-state index is 0.0752. The Morgan fingerprint density at radius 3 is 2.91 bits per heavy atom. The number of nitrogens with zero attached hydrogens (tertiary/aromatic N) is 2. The minimum Gasteiger partial charge on any atom is -0.496 e. The second-order valence-electron chi connectivity index (χ2n) is 5.86. The van der Waals surface area contributed by atoms with E-state index < -0.39 is 0 Å². The molecular weight excluding hydrogens is 280 g/mol. The van der Waals surface area contributed by atoms with Gasteiger partial charge in [-0.05, 0) is 25.5 Å². The van der Waals surface area contributed by atoms with Crippen LogP contribution in [0.1, 0.15) is 24.8 Å². The lowest BCUT2D eigenvalue weighted by molar-refractivity contribution is -0.132. The van der Waals surface area contributed by atoms with Crippen LogP contribution in [-0.2, 0) is 11.3 Å². The Hall–Kier alpha value is -1.59. The summed E-state index contributed by atoms with van der Waals surface area (Å²) in [6.07, 6.45) is 3.20. The number of ether oxygens (including phenoxy) is 1. The van der Waals surface area contributed by atoms with Gasteiger partial charge < -0.3 is 14.7 Å². The number of amides is 1. The molecule has 1 aromatic rings. The molecule has 1 aromatic carbocycles. The molecule has 5 nitrogen and oxygen atoms in total. The summed E-state index contributed by atoms with van der Waals surface area (Å²) in [5, 5.41) is 9.43. The second kappa shape index (κ2) is 8.15. The Labute approximate surface area is 132 Å². The van der Waals surface area contributed by atoms with Gasteiger partial charge in [-0.15, -0.1) is 0 Å². The number of methoxy groups -OCH3 is 1. The van der Waals surface area contributed by atoms with Gasteiger partial charge in [-0.3, -0.25) is 9.69 Å². The number of hydrogen-bond acceptors (Lipinski definition) is 4. The zero-order valence-electron chi connectivity index (χ0n) is 13.5. The summed E-state index contributed by atoms with van der Waals surface area (Å²) in [7, 11) is 3.45.